The Kier molecular flexibility index (Phi) is 3.94. The van der Waals surface area contributed by atoms with Gasteiger partial charge in [-0.1, -0.05) is 0 Å². The molecule has 5 heteroatoms. The van der Waals surface area contributed by atoms with Crippen molar-refractivity contribution in [2.75, 3.05) is 17.6 Å². The van der Waals surface area contributed by atoms with Gasteiger partial charge in [-0.15, -0.1) is 0 Å². The van der Waals surface area contributed by atoms with Crippen molar-refractivity contribution in [1.82, 2.24) is 0 Å². The quantitative estimate of drug-likeness (QED) is 0.833. The highest BCUT2D eigenvalue weighted by molar-refractivity contribution is 5.65. The summed E-state index contributed by atoms with van der Waals surface area (Å²) in [6, 6.07) is 7.41. The lowest BCUT2D eigenvalue weighted by Gasteiger charge is -2.09. The molecule has 0 unspecified atom stereocenters. The van der Waals surface area contributed by atoms with Crippen LogP contribution >= 0.6 is 0 Å². The third-order valence-electron chi connectivity index (χ3n) is 2.67. The van der Waals surface area contributed by atoms with Crippen LogP contribution in [0.25, 0.3) is 0 Å². The number of hydrogen-bond donors (Lipinski definition) is 2. The largest absolute Gasteiger partial charge is 0.397 e. The Hall–Kier alpha value is -2.17. The first-order valence-corrected chi connectivity index (χ1v) is 5.78. The molecule has 2 aromatic rings. The van der Waals surface area contributed by atoms with E-state index in [0.29, 0.717) is 29.9 Å². The van der Waals surface area contributed by atoms with Crippen LogP contribution < -0.4 is 11.1 Å². The van der Waals surface area contributed by atoms with Gasteiger partial charge in [0.05, 0.1) is 11.4 Å². The number of nitrogens with two attached hydrogens (primary N) is 1. The second-order valence-electron chi connectivity index (χ2n) is 4.19. The molecular weight excluding hydrogens is 253 g/mol. The minimum Gasteiger partial charge on any atom is -0.397 e. The van der Waals surface area contributed by atoms with Crippen molar-refractivity contribution in [3.63, 3.8) is 0 Å². The van der Waals surface area contributed by atoms with Crippen molar-refractivity contribution in [1.29, 1.82) is 0 Å². The monoisotopic (exact) mass is 266 g/mol. The second kappa shape index (κ2) is 5.65. The zero-order valence-electron chi connectivity index (χ0n) is 10.1. The summed E-state index contributed by atoms with van der Waals surface area (Å²) < 4.78 is 38.8. The Morgan fingerprint density at radius 3 is 2.21 bits per heavy atom. The van der Waals surface area contributed by atoms with Crippen molar-refractivity contribution in [3.05, 3.63) is 59.4 Å². The van der Waals surface area contributed by atoms with E-state index in [1.54, 1.807) is 0 Å². The van der Waals surface area contributed by atoms with Gasteiger partial charge < -0.3 is 11.1 Å². The molecule has 0 aliphatic rings. The molecule has 0 fully saturated rings. The zero-order valence-corrected chi connectivity index (χ0v) is 10.1. The Bertz CT molecular complexity index is 565. The summed E-state index contributed by atoms with van der Waals surface area (Å²) in [6.07, 6.45) is 0.436. The second-order valence-corrected chi connectivity index (χ2v) is 4.19. The van der Waals surface area contributed by atoms with E-state index in [9.17, 15) is 13.2 Å². The summed E-state index contributed by atoms with van der Waals surface area (Å²) in [5.41, 5.74) is 7.07. The predicted molar refractivity (Wildman–Crippen MR) is 69.4 cm³/mol. The molecule has 0 heterocycles. The number of anilines is 2. The lowest BCUT2D eigenvalue weighted by molar-refractivity contribution is 0.580. The Labute approximate surface area is 109 Å². The minimum atomic E-state index is -0.601. The molecule has 0 aliphatic carbocycles. The molecule has 3 N–H and O–H groups in total. The normalized spacial score (nSPS) is 10.5. The van der Waals surface area contributed by atoms with Gasteiger partial charge in [0.25, 0.3) is 0 Å². The average molecular weight is 266 g/mol. The van der Waals surface area contributed by atoms with Gasteiger partial charge in [0.15, 0.2) is 0 Å². The van der Waals surface area contributed by atoms with E-state index in [1.807, 2.05) is 0 Å². The van der Waals surface area contributed by atoms with Crippen molar-refractivity contribution in [3.8, 4) is 0 Å². The Morgan fingerprint density at radius 1 is 0.895 bits per heavy atom. The van der Waals surface area contributed by atoms with Crippen LogP contribution in [0, 0.1) is 17.5 Å². The Balaban J connectivity index is 1.96. The molecule has 19 heavy (non-hydrogen) atoms. The third kappa shape index (κ3) is 3.64. The smallest absolute Gasteiger partial charge is 0.126 e. The molecule has 0 aromatic heterocycles. The van der Waals surface area contributed by atoms with E-state index in [0.717, 1.165) is 6.07 Å². The molecule has 0 aliphatic heterocycles. The van der Waals surface area contributed by atoms with Gasteiger partial charge in [0.2, 0.25) is 0 Å². The Morgan fingerprint density at radius 2 is 1.58 bits per heavy atom. The van der Waals surface area contributed by atoms with Gasteiger partial charge >= 0.3 is 0 Å². The van der Waals surface area contributed by atoms with Crippen LogP contribution in [0.5, 0.6) is 0 Å². The fraction of sp³-hybridized carbons (Fsp3) is 0.143. The summed E-state index contributed by atoms with van der Waals surface area (Å²) in [5.74, 6) is -1.61. The minimum absolute atomic E-state index is 0.297. The zero-order chi connectivity index (χ0) is 13.8. The van der Waals surface area contributed by atoms with Crippen molar-refractivity contribution in [2.24, 2.45) is 0 Å². The molecule has 0 bridgehead atoms. The number of nitrogens with one attached hydrogen (secondary N) is 1. The van der Waals surface area contributed by atoms with Gasteiger partial charge in [-0.2, -0.15) is 0 Å². The van der Waals surface area contributed by atoms with Gasteiger partial charge in [0.1, 0.15) is 17.5 Å². The first-order valence-electron chi connectivity index (χ1n) is 5.78. The van der Waals surface area contributed by atoms with Gasteiger partial charge in [-0.3, -0.25) is 0 Å². The van der Waals surface area contributed by atoms with Gasteiger partial charge in [0, 0.05) is 12.6 Å². The van der Waals surface area contributed by atoms with Crippen molar-refractivity contribution in [2.45, 2.75) is 6.42 Å². The summed E-state index contributed by atoms with van der Waals surface area (Å²) >= 11 is 0. The number of nitrogen functional groups attached to an aromatic ring is 1. The van der Waals surface area contributed by atoms with Crippen LogP contribution in [0.3, 0.4) is 0 Å². The number of halogens is 3. The van der Waals surface area contributed by atoms with Gasteiger partial charge in [-0.25, -0.2) is 13.2 Å². The van der Waals surface area contributed by atoms with Crippen molar-refractivity contribution >= 4 is 11.4 Å². The molecule has 2 aromatic carbocycles. The topological polar surface area (TPSA) is 38.0 Å². The van der Waals surface area contributed by atoms with Gasteiger partial charge in [-0.05, 0) is 42.3 Å². The van der Waals surface area contributed by atoms with Crippen LogP contribution in [0.15, 0.2) is 36.4 Å². The van der Waals surface area contributed by atoms with Crippen LogP contribution in [0.2, 0.25) is 0 Å². The van der Waals surface area contributed by atoms with Crippen LogP contribution in [0.4, 0.5) is 24.5 Å². The lowest BCUT2D eigenvalue weighted by atomic mass is 10.1. The summed E-state index contributed by atoms with van der Waals surface area (Å²) in [7, 11) is 0. The maximum Gasteiger partial charge on any atom is 0.126 e. The molecule has 0 amide bonds. The van der Waals surface area contributed by atoms with E-state index in [-0.39, 0.29) is 0 Å². The molecule has 2 nitrogen and oxygen atoms in total. The summed E-state index contributed by atoms with van der Waals surface area (Å²) in [6.45, 7) is 0.443. The number of benzene rings is 2. The highest BCUT2D eigenvalue weighted by Gasteiger charge is 2.02. The van der Waals surface area contributed by atoms with Crippen LogP contribution in [0.1, 0.15) is 5.56 Å². The summed E-state index contributed by atoms with van der Waals surface area (Å²) in [5, 5.41) is 2.99. The fourth-order valence-corrected chi connectivity index (χ4v) is 1.79. The standard InChI is InChI=1S/C14H13F3N2/c15-10-1-2-14(13(18)8-10)19-4-3-9-5-11(16)7-12(17)6-9/h1-2,5-8,19H,3-4,18H2. The average Bonchev–Trinajstić information content (AvgIpc) is 2.30. The van der Waals surface area contributed by atoms with Crippen molar-refractivity contribution < 1.29 is 13.2 Å². The molecule has 100 valence electrons. The highest BCUT2D eigenvalue weighted by Crippen LogP contribution is 2.19. The molecular formula is C14H13F3N2. The van der Waals surface area contributed by atoms with Crippen LogP contribution in [-0.2, 0) is 6.42 Å². The van der Waals surface area contributed by atoms with E-state index < -0.39 is 17.5 Å². The molecule has 2 rings (SSSR count). The number of rotatable bonds is 4. The maximum absolute atomic E-state index is 13.0. The third-order valence-corrected chi connectivity index (χ3v) is 2.67. The SMILES string of the molecule is Nc1cc(F)ccc1NCCc1cc(F)cc(F)c1. The number of hydrogen-bond acceptors (Lipinski definition) is 2. The first-order chi connectivity index (χ1) is 9.04. The molecule has 0 spiro atoms. The molecule has 0 radical (unpaired) electrons. The van der Waals surface area contributed by atoms with E-state index in [4.69, 9.17) is 5.73 Å². The molecule has 0 saturated heterocycles. The maximum atomic E-state index is 13.0. The molecule has 0 saturated carbocycles. The van der Waals surface area contributed by atoms with E-state index in [1.165, 1.54) is 30.3 Å². The van der Waals surface area contributed by atoms with E-state index >= 15 is 0 Å². The molecule has 0 atom stereocenters. The lowest BCUT2D eigenvalue weighted by Crippen LogP contribution is -2.07. The first kappa shape index (κ1) is 13.3. The van der Waals surface area contributed by atoms with E-state index in [2.05, 4.69) is 5.32 Å². The predicted octanol–water partition coefficient (Wildman–Crippen LogP) is 3.34. The fourth-order valence-electron chi connectivity index (χ4n) is 1.79. The summed E-state index contributed by atoms with van der Waals surface area (Å²) in [4.78, 5) is 0. The van der Waals surface area contributed by atoms with Crippen LogP contribution in [-0.4, -0.2) is 6.54 Å². The highest BCUT2D eigenvalue weighted by atomic mass is 19.1.